The molecule has 2 rings (SSSR count). The number of carbonyl (C=O) groups is 2. The molecule has 0 heterocycles. The number of halogens is 1. The highest BCUT2D eigenvalue weighted by Gasteiger charge is 2.15. The summed E-state index contributed by atoms with van der Waals surface area (Å²) in [5, 5.41) is 6.75. The maximum Gasteiger partial charge on any atom is 0.240 e. The van der Waals surface area contributed by atoms with Crippen LogP contribution in [0, 0.1) is 5.82 Å². The molecule has 0 aromatic heterocycles. The Morgan fingerprint density at radius 1 is 1.09 bits per heavy atom. The number of rotatable bonds is 6. The Kier molecular flexibility index (Phi) is 6.72. The number of hydrogen-bond donors (Lipinski definition) is 2. The Labute approximate surface area is 135 Å². The van der Waals surface area contributed by atoms with Crippen molar-refractivity contribution in [3.05, 3.63) is 35.6 Å². The number of nitrogens with one attached hydrogen (secondary N) is 2. The molecule has 0 spiro atoms. The lowest BCUT2D eigenvalue weighted by atomic mass is 9.95. The molecule has 0 aliphatic heterocycles. The molecule has 5 nitrogen and oxygen atoms in total. The van der Waals surface area contributed by atoms with Gasteiger partial charge in [-0.2, -0.15) is 5.10 Å². The van der Waals surface area contributed by atoms with Crippen molar-refractivity contribution >= 4 is 18.0 Å². The maximum atomic E-state index is 12.7. The molecule has 2 amide bonds. The first-order chi connectivity index (χ1) is 11.1. The smallest absolute Gasteiger partial charge is 0.240 e. The molecule has 1 aromatic carbocycles. The molecule has 1 fully saturated rings. The maximum absolute atomic E-state index is 12.7. The predicted molar refractivity (Wildman–Crippen MR) is 86.4 cm³/mol. The van der Waals surface area contributed by atoms with Crippen LogP contribution < -0.4 is 10.7 Å². The van der Waals surface area contributed by atoms with E-state index in [-0.39, 0.29) is 36.5 Å². The molecule has 1 aromatic rings. The zero-order chi connectivity index (χ0) is 16.5. The molecule has 0 saturated heterocycles. The monoisotopic (exact) mass is 319 g/mol. The fraction of sp³-hybridized carbons (Fsp3) is 0.471. The molecule has 0 atom stereocenters. The van der Waals surface area contributed by atoms with E-state index in [2.05, 4.69) is 15.8 Å². The Hall–Kier alpha value is -2.24. The Balaban J connectivity index is 1.64. The van der Waals surface area contributed by atoms with Gasteiger partial charge >= 0.3 is 0 Å². The summed E-state index contributed by atoms with van der Waals surface area (Å²) in [4.78, 5) is 23.4. The quantitative estimate of drug-likeness (QED) is 0.625. The van der Waals surface area contributed by atoms with Gasteiger partial charge in [0.1, 0.15) is 5.82 Å². The van der Waals surface area contributed by atoms with Crippen LogP contribution in [0.5, 0.6) is 0 Å². The van der Waals surface area contributed by atoms with Crippen LogP contribution in [-0.2, 0) is 9.59 Å². The third kappa shape index (κ3) is 6.59. The molecular weight excluding hydrogens is 297 g/mol. The first kappa shape index (κ1) is 17.1. The number of hydrogen-bond acceptors (Lipinski definition) is 3. The van der Waals surface area contributed by atoms with Crippen LogP contribution >= 0.6 is 0 Å². The second kappa shape index (κ2) is 9.02. The second-order valence-corrected chi connectivity index (χ2v) is 5.75. The fourth-order valence-electron chi connectivity index (χ4n) is 2.56. The summed E-state index contributed by atoms with van der Waals surface area (Å²) < 4.78 is 12.7. The van der Waals surface area contributed by atoms with Gasteiger partial charge in [-0.1, -0.05) is 31.4 Å². The number of nitrogens with zero attached hydrogens (tertiary/aromatic N) is 1. The fourth-order valence-corrected chi connectivity index (χ4v) is 2.56. The van der Waals surface area contributed by atoms with Gasteiger partial charge in [-0.15, -0.1) is 0 Å². The zero-order valence-electron chi connectivity index (χ0n) is 13.1. The van der Waals surface area contributed by atoms with Crippen LogP contribution in [0.2, 0.25) is 0 Å². The molecule has 1 aliphatic carbocycles. The van der Waals surface area contributed by atoms with Gasteiger partial charge in [0.15, 0.2) is 0 Å². The van der Waals surface area contributed by atoms with Crippen molar-refractivity contribution in [1.29, 1.82) is 0 Å². The molecular formula is C17H22FN3O2. The lowest BCUT2D eigenvalue weighted by Gasteiger charge is -2.22. The summed E-state index contributed by atoms with van der Waals surface area (Å²) in [5.74, 6) is -0.730. The van der Waals surface area contributed by atoms with Crippen molar-refractivity contribution in [2.75, 3.05) is 0 Å². The minimum Gasteiger partial charge on any atom is -0.353 e. The van der Waals surface area contributed by atoms with Crippen molar-refractivity contribution in [3.8, 4) is 0 Å². The van der Waals surface area contributed by atoms with Crippen molar-refractivity contribution in [2.24, 2.45) is 5.10 Å². The molecule has 1 aliphatic rings. The minimum atomic E-state index is -0.324. The van der Waals surface area contributed by atoms with Gasteiger partial charge in [0.2, 0.25) is 11.8 Å². The summed E-state index contributed by atoms with van der Waals surface area (Å²) >= 11 is 0. The average molecular weight is 319 g/mol. The van der Waals surface area contributed by atoms with Gasteiger partial charge in [-0.3, -0.25) is 9.59 Å². The van der Waals surface area contributed by atoms with Crippen LogP contribution in [0.1, 0.15) is 50.5 Å². The summed E-state index contributed by atoms with van der Waals surface area (Å²) in [6.45, 7) is 0. The molecule has 0 bridgehead atoms. The first-order valence-corrected chi connectivity index (χ1v) is 8.00. The van der Waals surface area contributed by atoms with Gasteiger partial charge in [0.05, 0.1) is 6.21 Å². The normalized spacial score (nSPS) is 15.5. The van der Waals surface area contributed by atoms with E-state index in [4.69, 9.17) is 0 Å². The molecule has 6 heteroatoms. The Morgan fingerprint density at radius 3 is 2.43 bits per heavy atom. The van der Waals surface area contributed by atoms with Gasteiger partial charge in [0.25, 0.3) is 0 Å². The van der Waals surface area contributed by atoms with E-state index in [9.17, 15) is 14.0 Å². The molecule has 124 valence electrons. The summed E-state index contributed by atoms with van der Waals surface area (Å²) in [6, 6.07) is 6.01. The van der Waals surface area contributed by atoms with E-state index in [0.29, 0.717) is 5.56 Å². The van der Waals surface area contributed by atoms with Gasteiger partial charge in [-0.05, 0) is 30.5 Å². The van der Waals surface area contributed by atoms with Crippen molar-refractivity contribution in [3.63, 3.8) is 0 Å². The average Bonchev–Trinajstić information content (AvgIpc) is 2.56. The van der Waals surface area contributed by atoms with Crippen molar-refractivity contribution < 1.29 is 14.0 Å². The standard InChI is InChI=1S/C17H22FN3O2/c18-14-8-6-13(7-9-14)12-19-21-17(23)11-10-16(22)20-15-4-2-1-3-5-15/h6-9,12,15H,1-5,10-11H2,(H,20,22)(H,21,23)/b19-12-. The van der Waals surface area contributed by atoms with Crippen molar-refractivity contribution in [1.82, 2.24) is 10.7 Å². The zero-order valence-corrected chi connectivity index (χ0v) is 13.1. The highest BCUT2D eigenvalue weighted by atomic mass is 19.1. The summed E-state index contributed by atoms with van der Waals surface area (Å²) in [6.07, 6.45) is 7.29. The number of carbonyl (C=O) groups excluding carboxylic acids is 2. The van der Waals surface area contributed by atoms with E-state index in [1.165, 1.54) is 24.8 Å². The van der Waals surface area contributed by atoms with E-state index in [0.717, 1.165) is 25.7 Å². The Bertz CT molecular complexity index is 551. The third-order valence-corrected chi connectivity index (χ3v) is 3.82. The number of amides is 2. The van der Waals surface area contributed by atoms with E-state index < -0.39 is 0 Å². The van der Waals surface area contributed by atoms with Crippen LogP contribution in [0.15, 0.2) is 29.4 Å². The van der Waals surface area contributed by atoms with E-state index >= 15 is 0 Å². The van der Waals surface area contributed by atoms with Crippen LogP contribution in [0.3, 0.4) is 0 Å². The topological polar surface area (TPSA) is 70.6 Å². The first-order valence-electron chi connectivity index (χ1n) is 8.00. The van der Waals surface area contributed by atoms with Crippen LogP contribution in [0.4, 0.5) is 4.39 Å². The summed E-state index contributed by atoms with van der Waals surface area (Å²) in [7, 11) is 0. The van der Waals surface area contributed by atoms with Crippen molar-refractivity contribution in [2.45, 2.75) is 51.0 Å². The van der Waals surface area contributed by atoms with Gasteiger partial charge in [0, 0.05) is 18.9 Å². The molecule has 0 unspecified atom stereocenters. The van der Waals surface area contributed by atoms with Gasteiger partial charge < -0.3 is 5.32 Å². The van der Waals surface area contributed by atoms with E-state index in [1.807, 2.05) is 0 Å². The third-order valence-electron chi connectivity index (χ3n) is 3.82. The molecule has 1 saturated carbocycles. The largest absolute Gasteiger partial charge is 0.353 e. The minimum absolute atomic E-state index is 0.0884. The Morgan fingerprint density at radius 2 is 1.74 bits per heavy atom. The van der Waals surface area contributed by atoms with Crippen LogP contribution in [0.25, 0.3) is 0 Å². The highest BCUT2D eigenvalue weighted by molar-refractivity contribution is 5.85. The summed E-state index contributed by atoms with van der Waals surface area (Å²) in [5.41, 5.74) is 3.04. The highest BCUT2D eigenvalue weighted by Crippen LogP contribution is 2.17. The van der Waals surface area contributed by atoms with E-state index in [1.54, 1.807) is 12.1 Å². The lowest BCUT2D eigenvalue weighted by molar-refractivity contribution is -0.126. The lowest BCUT2D eigenvalue weighted by Crippen LogP contribution is -2.36. The second-order valence-electron chi connectivity index (χ2n) is 5.75. The number of benzene rings is 1. The predicted octanol–water partition coefficient (Wildman–Crippen LogP) is 2.50. The molecule has 23 heavy (non-hydrogen) atoms. The molecule has 2 N–H and O–H groups in total. The number of hydrazone groups is 1. The molecule has 0 radical (unpaired) electrons. The van der Waals surface area contributed by atoms with Gasteiger partial charge in [-0.25, -0.2) is 9.82 Å². The SMILES string of the molecule is O=C(CCC(=O)NC1CCCCC1)N/N=C\c1ccc(F)cc1. The van der Waals surface area contributed by atoms with Crippen LogP contribution in [-0.4, -0.2) is 24.1 Å².